The van der Waals surface area contributed by atoms with E-state index in [9.17, 15) is 9.59 Å². The van der Waals surface area contributed by atoms with E-state index in [2.05, 4.69) is 15.6 Å². The largest absolute Gasteiger partial charge is 0.496 e. The van der Waals surface area contributed by atoms with Gasteiger partial charge < -0.3 is 20.1 Å². The fourth-order valence-corrected chi connectivity index (χ4v) is 2.78. The molecule has 148 valence electrons. The van der Waals surface area contributed by atoms with Gasteiger partial charge in [-0.2, -0.15) is 0 Å². The first-order valence-corrected chi connectivity index (χ1v) is 8.93. The molecule has 0 fully saturated rings. The van der Waals surface area contributed by atoms with Gasteiger partial charge in [0.25, 0.3) is 5.91 Å². The molecule has 0 aliphatic heterocycles. The second-order valence-electron chi connectivity index (χ2n) is 6.09. The predicted octanol–water partition coefficient (Wildman–Crippen LogP) is 3.74. The highest BCUT2D eigenvalue weighted by Crippen LogP contribution is 2.20. The van der Waals surface area contributed by atoms with Gasteiger partial charge >= 0.3 is 5.97 Å². The highest BCUT2D eigenvalue weighted by molar-refractivity contribution is 6.07. The molecule has 2 N–H and O–H groups in total. The Morgan fingerprint density at radius 1 is 1.00 bits per heavy atom. The molecule has 0 spiro atoms. The van der Waals surface area contributed by atoms with E-state index in [4.69, 9.17) is 9.47 Å². The first kappa shape index (κ1) is 19.9. The molecule has 2 aromatic carbocycles. The van der Waals surface area contributed by atoms with E-state index in [1.165, 1.54) is 7.11 Å². The molecule has 0 saturated carbocycles. The number of nitrogens with one attached hydrogen (secondary N) is 2. The lowest BCUT2D eigenvalue weighted by Crippen LogP contribution is -2.17. The third-order valence-electron chi connectivity index (χ3n) is 4.25. The average Bonchev–Trinajstić information content (AvgIpc) is 2.77. The Morgan fingerprint density at radius 3 is 2.55 bits per heavy atom. The second kappa shape index (κ2) is 9.36. The highest BCUT2D eigenvalue weighted by Gasteiger charge is 2.15. The zero-order valence-corrected chi connectivity index (χ0v) is 16.1. The first-order chi connectivity index (χ1) is 14.1. The van der Waals surface area contributed by atoms with Gasteiger partial charge in [0.1, 0.15) is 11.4 Å². The van der Waals surface area contributed by atoms with Gasteiger partial charge in [-0.25, -0.2) is 4.79 Å². The molecule has 1 aromatic heterocycles. The van der Waals surface area contributed by atoms with Crippen LogP contribution in [0.15, 0.2) is 66.9 Å². The maximum Gasteiger partial charge on any atom is 0.339 e. The molecule has 29 heavy (non-hydrogen) atoms. The number of benzene rings is 2. The summed E-state index contributed by atoms with van der Waals surface area (Å²) in [4.78, 5) is 28.6. The number of ether oxygens (including phenoxy) is 2. The molecule has 7 heteroatoms. The Bertz CT molecular complexity index is 1020. The summed E-state index contributed by atoms with van der Waals surface area (Å²) in [6.45, 7) is 0.528. The van der Waals surface area contributed by atoms with E-state index in [0.29, 0.717) is 12.2 Å². The summed E-state index contributed by atoms with van der Waals surface area (Å²) < 4.78 is 10.1. The van der Waals surface area contributed by atoms with Gasteiger partial charge in [-0.3, -0.25) is 9.78 Å². The van der Waals surface area contributed by atoms with Crippen LogP contribution in [0.1, 0.15) is 26.4 Å². The van der Waals surface area contributed by atoms with Gasteiger partial charge in [0.2, 0.25) is 0 Å². The van der Waals surface area contributed by atoms with Crippen LogP contribution in [0.4, 0.5) is 11.4 Å². The van der Waals surface area contributed by atoms with Crippen LogP contribution >= 0.6 is 0 Å². The van der Waals surface area contributed by atoms with Crippen molar-refractivity contribution in [3.63, 3.8) is 0 Å². The molecular formula is C22H21N3O4. The zero-order valence-electron chi connectivity index (χ0n) is 16.1. The third-order valence-corrected chi connectivity index (χ3v) is 4.25. The van der Waals surface area contributed by atoms with Crippen LogP contribution in [0.25, 0.3) is 0 Å². The lowest BCUT2D eigenvalue weighted by Gasteiger charge is -2.12. The molecule has 1 heterocycles. The third kappa shape index (κ3) is 4.90. The molecular weight excluding hydrogens is 370 g/mol. The molecule has 0 aliphatic rings. The molecule has 0 radical (unpaired) electrons. The van der Waals surface area contributed by atoms with E-state index in [-0.39, 0.29) is 11.3 Å². The normalized spacial score (nSPS) is 10.1. The zero-order chi connectivity index (χ0) is 20.6. The molecule has 3 aromatic rings. The van der Waals surface area contributed by atoms with Crippen molar-refractivity contribution in [2.45, 2.75) is 6.54 Å². The van der Waals surface area contributed by atoms with Crippen LogP contribution in [0, 0.1) is 0 Å². The molecule has 0 atom stereocenters. The van der Waals surface area contributed by atoms with Crippen LogP contribution in [-0.2, 0) is 11.3 Å². The lowest BCUT2D eigenvalue weighted by atomic mass is 10.1. The van der Waals surface area contributed by atoms with Gasteiger partial charge in [-0.15, -0.1) is 0 Å². The van der Waals surface area contributed by atoms with Crippen molar-refractivity contribution >= 4 is 23.3 Å². The standard InChI is InChI=1S/C22H21N3O4/c1-28-20-10-6-3-7-15(20)14-24-16-11-12-23-19(13-16)21(26)25-18-9-5-4-8-17(18)22(27)29-2/h3-13H,14H2,1-2H3,(H,23,24)(H,25,26). The Balaban J connectivity index is 1.73. The maximum absolute atomic E-state index is 12.6. The molecule has 0 bridgehead atoms. The van der Waals surface area contributed by atoms with E-state index >= 15 is 0 Å². The number of carbonyl (C=O) groups excluding carboxylic acids is 2. The van der Waals surface area contributed by atoms with Crippen molar-refractivity contribution in [3.05, 3.63) is 83.7 Å². The fourth-order valence-electron chi connectivity index (χ4n) is 2.78. The monoisotopic (exact) mass is 391 g/mol. The maximum atomic E-state index is 12.6. The Kier molecular flexibility index (Phi) is 6.42. The number of anilines is 2. The van der Waals surface area contributed by atoms with Crippen LogP contribution in [0.2, 0.25) is 0 Å². The van der Waals surface area contributed by atoms with E-state index in [0.717, 1.165) is 17.0 Å². The number of rotatable bonds is 7. The van der Waals surface area contributed by atoms with Crippen LogP contribution < -0.4 is 15.4 Å². The van der Waals surface area contributed by atoms with Crippen LogP contribution in [0.3, 0.4) is 0 Å². The van der Waals surface area contributed by atoms with Crippen molar-refractivity contribution in [1.82, 2.24) is 4.98 Å². The number of methoxy groups -OCH3 is 2. The van der Waals surface area contributed by atoms with Crippen molar-refractivity contribution in [2.24, 2.45) is 0 Å². The second-order valence-corrected chi connectivity index (χ2v) is 6.09. The topological polar surface area (TPSA) is 89.5 Å². The molecule has 0 aliphatic carbocycles. The highest BCUT2D eigenvalue weighted by atomic mass is 16.5. The van der Waals surface area contributed by atoms with Crippen molar-refractivity contribution < 1.29 is 19.1 Å². The number of para-hydroxylation sites is 2. The fraction of sp³-hybridized carbons (Fsp3) is 0.136. The van der Waals surface area contributed by atoms with Crippen molar-refractivity contribution in [2.75, 3.05) is 24.9 Å². The van der Waals surface area contributed by atoms with Crippen molar-refractivity contribution in [3.8, 4) is 5.75 Å². The number of amides is 1. The number of pyridine rings is 1. The Hall–Kier alpha value is -3.87. The summed E-state index contributed by atoms with van der Waals surface area (Å²) in [5, 5.41) is 5.97. The number of hydrogen-bond donors (Lipinski definition) is 2. The minimum atomic E-state index is -0.527. The number of carbonyl (C=O) groups is 2. The van der Waals surface area contributed by atoms with Crippen molar-refractivity contribution in [1.29, 1.82) is 0 Å². The molecule has 1 amide bonds. The minimum Gasteiger partial charge on any atom is -0.496 e. The van der Waals surface area contributed by atoms with Gasteiger partial charge in [0.05, 0.1) is 25.5 Å². The van der Waals surface area contributed by atoms with E-state index < -0.39 is 11.9 Å². The minimum absolute atomic E-state index is 0.217. The van der Waals surface area contributed by atoms with Gasteiger partial charge in [0, 0.05) is 24.0 Å². The number of nitrogens with zero attached hydrogens (tertiary/aromatic N) is 1. The first-order valence-electron chi connectivity index (χ1n) is 8.93. The quantitative estimate of drug-likeness (QED) is 0.597. The summed E-state index contributed by atoms with van der Waals surface area (Å²) in [5.41, 5.74) is 2.57. The van der Waals surface area contributed by atoms with Gasteiger partial charge in [0.15, 0.2) is 0 Å². The Labute approximate surface area is 168 Å². The van der Waals surface area contributed by atoms with Crippen LogP contribution in [0.5, 0.6) is 5.75 Å². The van der Waals surface area contributed by atoms with Crippen LogP contribution in [-0.4, -0.2) is 31.1 Å². The predicted molar refractivity (Wildman–Crippen MR) is 110 cm³/mol. The van der Waals surface area contributed by atoms with E-state index in [1.807, 2.05) is 24.3 Å². The molecule has 3 rings (SSSR count). The summed E-state index contributed by atoms with van der Waals surface area (Å²) in [5.74, 6) is -0.171. The SMILES string of the molecule is COC(=O)c1ccccc1NC(=O)c1cc(NCc2ccccc2OC)ccn1. The average molecular weight is 391 g/mol. The number of hydrogen-bond acceptors (Lipinski definition) is 6. The number of esters is 1. The lowest BCUT2D eigenvalue weighted by molar-refractivity contribution is 0.0602. The Morgan fingerprint density at radius 2 is 1.76 bits per heavy atom. The van der Waals surface area contributed by atoms with Gasteiger partial charge in [-0.1, -0.05) is 30.3 Å². The molecule has 0 unspecified atom stereocenters. The smallest absolute Gasteiger partial charge is 0.339 e. The summed E-state index contributed by atoms with van der Waals surface area (Å²) in [7, 11) is 2.92. The molecule has 7 nitrogen and oxygen atoms in total. The van der Waals surface area contributed by atoms with E-state index in [1.54, 1.807) is 49.7 Å². The summed E-state index contributed by atoms with van der Waals surface area (Å²) in [6.07, 6.45) is 1.55. The van der Waals surface area contributed by atoms with Gasteiger partial charge in [-0.05, 0) is 30.3 Å². The summed E-state index contributed by atoms with van der Waals surface area (Å²) in [6, 6.07) is 17.7. The molecule has 0 saturated heterocycles. The summed E-state index contributed by atoms with van der Waals surface area (Å²) >= 11 is 0. The number of aromatic nitrogens is 1.